The number of anilines is 2. The van der Waals surface area contributed by atoms with Crippen molar-refractivity contribution in [3.05, 3.63) is 17.9 Å². The van der Waals surface area contributed by atoms with E-state index >= 15 is 0 Å². The number of hydrogen-bond acceptors (Lipinski definition) is 4. The molecule has 0 spiro atoms. The normalized spacial score (nSPS) is 10.8. The van der Waals surface area contributed by atoms with E-state index in [1.54, 1.807) is 6.07 Å². The maximum absolute atomic E-state index is 13.7. The number of halogens is 1. The van der Waals surface area contributed by atoms with Crippen molar-refractivity contribution >= 4 is 11.4 Å². The summed E-state index contributed by atoms with van der Waals surface area (Å²) in [7, 11) is 0. The summed E-state index contributed by atoms with van der Waals surface area (Å²) in [6, 6.07) is 2.95. The number of ether oxygens (including phenoxy) is 1. The molecule has 0 fully saturated rings. The summed E-state index contributed by atoms with van der Waals surface area (Å²) in [6.45, 7) is 10.5. The fraction of sp³-hybridized carbons (Fsp3) is 0.600. The van der Waals surface area contributed by atoms with Crippen molar-refractivity contribution in [2.24, 2.45) is 0 Å². The van der Waals surface area contributed by atoms with Crippen molar-refractivity contribution in [3.8, 4) is 5.75 Å². The Labute approximate surface area is 121 Å². The largest absolute Gasteiger partial charge is 0.490 e. The maximum Gasteiger partial charge on any atom is 0.167 e. The maximum atomic E-state index is 13.7. The topological polar surface area (TPSA) is 50.5 Å². The quantitative estimate of drug-likeness (QED) is 0.684. The van der Waals surface area contributed by atoms with Crippen LogP contribution in [0.1, 0.15) is 27.2 Å². The number of nitrogens with two attached hydrogens (primary N) is 1. The Kier molecular flexibility index (Phi) is 7.15. The Bertz CT molecular complexity index is 408. The monoisotopic (exact) mass is 283 g/mol. The molecule has 0 radical (unpaired) electrons. The first-order valence-electron chi connectivity index (χ1n) is 7.30. The second kappa shape index (κ2) is 8.64. The molecule has 0 aliphatic heterocycles. The lowest BCUT2D eigenvalue weighted by molar-refractivity contribution is 0.301. The standard InChI is InChI=1S/C15H26FN3O/c1-4-9-20-15-11-14(13(17)10-12(15)16)18-7-8-19(5-2)6-3/h10-11,18H,4-9,17H2,1-3H3. The van der Waals surface area contributed by atoms with Crippen molar-refractivity contribution in [2.45, 2.75) is 27.2 Å². The van der Waals surface area contributed by atoms with E-state index in [4.69, 9.17) is 10.5 Å². The predicted octanol–water partition coefficient (Wildman–Crippen LogP) is 2.95. The zero-order valence-corrected chi connectivity index (χ0v) is 12.7. The molecule has 4 nitrogen and oxygen atoms in total. The summed E-state index contributed by atoms with van der Waals surface area (Å²) in [5.41, 5.74) is 6.96. The third-order valence-corrected chi connectivity index (χ3v) is 3.20. The van der Waals surface area contributed by atoms with Crippen molar-refractivity contribution in [1.82, 2.24) is 4.90 Å². The molecule has 0 heterocycles. The van der Waals surface area contributed by atoms with E-state index in [2.05, 4.69) is 24.1 Å². The van der Waals surface area contributed by atoms with Crippen LogP contribution in [-0.2, 0) is 0 Å². The molecular weight excluding hydrogens is 257 g/mol. The van der Waals surface area contributed by atoms with E-state index in [0.717, 1.165) is 38.3 Å². The smallest absolute Gasteiger partial charge is 0.167 e. The summed E-state index contributed by atoms with van der Waals surface area (Å²) < 4.78 is 19.0. The Morgan fingerprint density at radius 2 is 1.95 bits per heavy atom. The van der Waals surface area contributed by atoms with Gasteiger partial charge in [0.2, 0.25) is 0 Å². The summed E-state index contributed by atoms with van der Waals surface area (Å²) in [5, 5.41) is 3.24. The third-order valence-electron chi connectivity index (χ3n) is 3.20. The first-order chi connectivity index (χ1) is 9.62. The molecular formula is C15H26FN3O. The van der Waals surface area contributed by atoms with Gasteiger partial charge in [-0.1, -0.05) is 20.8 Å². The molecule has 0 saturated heterocycles. The van der Waals surface area contributed by atoms with E-state index < -0.39 is 5.82 Å². The lowest BCUT2D eigenvalue weighted by Crippen LogP contribution is -2.28. The van der Waals surface area contributed by atoms with E-state index in [9.17, 15) is 4.39 Å². The second-order valence-electron chi connectivity index (χ2n) is 4.67. The molecule has 0 unspecified atom stereocenters. The molecule has 0 atom stereocenters. The molecule has 0 aliphatic carbocycles. The van der Waals surface area contributed by atoms with Crippen molar-refractivity contribution in [1.29, 1.82) is 0 Å². The van der Waals surface area contributed by atoms with Gasteiger partial charge in [0, 0.05) is 25.2 Å². The highest BCUT2D eigenvalue weighted by Crippen LogP contribution is 2.28. The molecule has 0 aromatic heterocycles. The van der Waals surface area contributed by atoms with Gasteiger partial charge in [-0.3, -0.25) is 0 Å². The van der Waals surface area contributed by atoms with Crippen LogP contribution in [0.15, 0.2) is 12.1 Å². The summed E-state index contributed by atoms with van der Waals surface area (Å²) in [4.78, 5) is 2.31. The van der Waals surface area contributed by atoms with Crippen LogP contribution in [0.3, 0.4) is 0 Å². The van der Waals surface area contributed by atoms with Crippen LogP contribution < -0.4 is 15.8 Å². The van der Waals surface area contributed by atoms with E-state index in [0.29, 0.717) is 12.3 Å². The number of nitrogens with zero attached hydrogens (tertiary/aromatic N) is 1. The molecule has 3 N–H and O–H groups in total. The molecule has 0 saturated carbocycles. The first kappa shape index (κ1) is 16.6. The van der Waals surface area contributed by atoms with Gasteiger partial charge in [-0.15, -0.1) is 0 Å². The van der Waals surface area contributed by atoms with Gasteiger partial charge in [-0.05, 0) is 19.5 Å². The average molecular weight is 283 g/mol. The predicted molar refractivity (Wildman–Crippen MR) is 82.9 cm³/mol. The summed E-state index contributed by atoms with van der Waals surface area (Å²) in [5.74, 6) is -0.156. The second-order valence-corrected chi connectivity index (χ2v) is 4.67. The molecule has 114 valence electrons. The molecule has 0 aliphatic rings. The number of rotatable bonds is 9. The number of nitrogen functional groups attached to an aromatic ring is 1. The van der Waals surface area contributed by atoms with Gasteiger partial charge in [-0.25, -0.2) is 4.39 Å². The number of benzene rings is 1. The van der Waals surface area contributed by atoms with Crippen LogP contribution in [0, 0.1) is 5.82 Å². The van der Waals surface area contributed by atoms with Gasteiger partial charge in [0.25, 0.3) is 0 Å². The van der Waals surface area contributed by atoms with Crippen LogP contribution in [0.25, 0.3) is 0 Å². The van der Waals surface area contributed by atoms with Gasteiger partial charge in [-0.2, -0.15) is 0 Å². The van der Waals surface area contributed by atoms with Crippen LogP contribution >= 0.6 is 0 Å². The number of likely N-dealkylation sites (N-methyl/N-ethyl adjacent to an activating group) is 1. The highest BCUT2D eigenvalue weighted by atomic mass is 19.1. The molecule has 0 amide bonds. The van der Waals surface area contributed by atoms with Crippen LogP contribution in [0.2, 0.25) is 0 Å². The Hall–Kier alpha value is -1.49. The fourth-order valence-electron chi connectivity index (χ4n) is 1.93. The minimum atomic E-state index is -0.412. The first-order valence-corrected chi connectivity index (χ1v) is 7.30. The van der Waals surface area contributed by atoms with Gasteiger partial charge >= 0.3 is 0 Å². The molecule has 5 heteroatoms. The lowest BCUT2D eigenvalue weighted by atomic mass is 10.2. The molecule has 20 heavy (non-hydrogen) atoms. The zero-order chi connectivity index (χ0) is 15.0. The van der Waals surface area contributed by atoms with Crippen molar-refractivity contribution < 1.29 is 9.13 Å². The van der Waals surface area contributed by atoms with E-state index in [-0.39, 0.29) is 5.75 Å². The van der Waals surface area contributed by atoms with Gasteiger partial charge in [0.05, 0.1) is 18.0 Å². The van der Waals surface area contributed by atoms with Crippen molar-refractivity contribution in [3.63, 3.8) is 0 Å². The van der Waals surface area contributed by atoms with Gasteiger partial charge < -0.3 is 20.7 Å². The minimum absolute atomic E-state index is 0.256. The minimum Gasteiger partial charge on any atom is -0.490 e. The lowest BCUT2D eigenvalue weighted by Gasteiger charge is -2.19. The average Bonchev–Trinajstić information content (AvgIpc) is 2.44. The third kappa shape index (κ3) is 4.89. The Morgan fingerprint density at radius 3 is 2.55 bits per heavy atom. The highest BCUT2D eigenvalue weighted by molar-refractivity contribution is 5.68. The Balaban J connectivity index is 2.64. The van der Waals surface area contributed by atoms with Gasteiger partial charge in [0.1, 0.15) is 0 Å². The fourth-order valence-corrected chi connectivity index (χ4v) is 1.93. The highest BCUT2D eigenvalue weighted by Gasteiger charge is 2.09. The van der Waals surface area contributed by atoms with E-state index in [1.165, 1.54) is 6.07 Å². The molecule has 1 aromatic rings. The van der Waals surface area contributed by atoms with Crippen LogP contribution in [-0.4, -0.2) is 37.7 Å². The summed E-state index contributed by atoms with van der Waals surface area (Å²) >= 11 is 0. The van der Waals surface area contributed by atoms with Crippen LogP contribution in [0.5, 0.6) is 5.75 Å². The molecule has 0 bridgehead atoms. The SMILES string of the molecule is CCCOc1cc(NCCN(CC)CC)c(N)cc1F. The van der Waals surface area contributed by atoms with Gasteiger partial charge in [0.15, 0.2) is 11.6 Å². The number of nitrogens with one attached hydrogen (secondary N) is 1. The summed E-state index contributed by atoms with van der Waals surface area (Å²) in [6.07, 6.45) is 0.842. The van der Waals surface area contributed by atoms with E-state index in [1.807, 2.05) is 6.92 Å². The van der Waals surface area contributed by atoms with Crippen LogP contribution in [0.4, 0.5) is 15.8 Å². The molecule has 1 rings (SSSR count). The number of hydrogen-bond donors (Lipinski definition) is 2. The zero-order valence-electron chi connectivity index (χ0n) is 12.7. The Morgan fingerprint density at radius 1 is 1.25 bits per heavy atom. The van der Waals surface area contributed by atoms with Crippen molar-refractivity contribution in [2.75, 3.05) is 43.8 Å². The molecule has 1 aromatic carbocycles.